The maximum Gasteiger partial charge on any atom is 0.277 e. The van der Waals surface area contributed by atoms with E-state index in [-0.39, 0.29) is 5.95 Å². The third-order valence-corrected chi connectivity index (χ3v) is 3.94. The normalized spacial score (nSPS) is 10.8. The highest BCUT2D eigenvalue weighted by molar-refractivity contribution is 7.98. The molecule has 0 fully saturated rings. The number of nitrogen functional groups attached to an aromatic ring is 1. The van der Waals surface area contributed by atoms with E-state index in [4.69, 9.17) is 21.8 Å². The predicted molar refractivity (Wildman–Crippen MR) is 92.9 cm³/mol. The number of hydrogen-bond donors (Lipinski definition) is 1. The molecule has 10 heteroatoms. The number of nitrogens with two attached hydrogens (primary N) is 1. The highest BCUT2D eigenvalue weighted by Gasteiger charge is 2.12. The smallest absolute Gasteiger partial charge is 0.277 e. The summed E-state index contributed by atoms with van der Waals surface area (Å²) in [5.41, 5.74) is 6.46. The highest BCUT2D eigenvalue weighted by Crippen LogP contribution is 2.26. The minimum absolute atomic E-state index is 0.175. The zero-order valence-corrected chi connectivity index (χ0v) is 14.5. The van der Waals surface area contributed by atoms with Crippen molar-refractivity contribution in [2.45, 2.75) is 11.0 Å². The zero-order valence-electron chi connectivity index (χ0n) is 13.0. The van der Waals surface area contributed by atoms with Crippen LogP contribution in [-0.2, 0) is 5.75 Å². The molecule has 0 aliphatic carbocycles. The van der Waals surface area contributed by atoms with Crippen molar-refractivity contribution < 1.29 is 4.42 Å². The largest absolute Gasteiger partial charge is 0.411 e. The second-order valence-electron chi connectivity index (χ2n) is 4.98. The number of nitrogens with zero attached hydrogens (tertiary/aromatic N) is 6. The van der Waals surface area contributed by atoms with Crippen molar-refractivity contribution in [2.75, 3.05) is 24.7 Å². The van der Waals surface area contributed by atoms with Gasteiger partial charge in [0.1, 0.15) is 5.82 Å². The topological polar surface area (TPSA) is 107 Å². The Hall–Kier alpha value is -2.39. The van der Waals surface area contributed by atoms with E-state index in [9.17, 15) is 0 Å². The molecule has 124 valence electrons. The van der Waals surface area contributed by atoms with E-state index in [0.29, 0.717) is 33.7 Å². The standard InChI is InChI=1S/C14H14ClN7OS/c1-22(2)13-18-10(17-12(16)19-13)7-24-14-21-20-11(23-14)8-4-3-5-9(15)6-8/h3-6H,7H2,1-2H3,(H2,16,17,18,19). The Morgan fingerprint density at radius 2 is 2.04 bits per heavy atom. The number of hydrogen-bond acceptors (Lipinski definition) is 9. The van der Waals surface area contributed by atoms with E-state index < -0.39 is 0 Å². The van der Waals surface area contributed by atoms with Gasteiger partial charge in [-0.25, -0.2) is 0 Å². The summed E-state index contributed by atoms with van der Waals surface area (Å²) in [4.78, 5) is 14.2. The molecule has 8 nitrogen and oxygen atoms in total. The fraction of sp³-hybridized carbons (Fsp3) is 0.214. The van der Waals surface area contributed by atoms with Crippen LogP contribution in [0.1, 0.15) is 5.82 Å². The number of benzene rings is 1. The first kappa shape index (κ1) is 16.5. The Labute approximate surface area is 147 Å². The highest BCUT2D eigenvalue weighted by atomic mass is 35.5. The van der Waals surface area contributed by atoms with Gasteiger partial charge in [-0.2, -0.15) is 15.0 Å². The van der Waals surface area contributed by atoms with Crippen LogP contribution in [0.3, 0.4) is 0 Å². The first-order valence-electron chi connectivity index (χ1n) is 6.91. The second-order valence-corrected chi connectivity index (χ2v) is 6.34. The fourth-order valence-electron chi connectivity index (χ4n) is 1.82. The molecule has 0 saturated carbocycles. The quantitative estimate of drug-likeness (QED) is 0.684. The Balaban J connectivity index is 1.72. The molecule has 0 bridgehead atoms. The summed E-state index contributed by atoms with van der Waals surface area (Å²) in [6, 6.07) is 7.22. The maximum absolute atomic E-state index is 5.96. The van der Waals surface area contributed by atoms with E-state index >= 15 is 0 Å². The molecule has 0 aliphatic rings. The maximum atomic E-state index is 5.96. The molecule has 0 amide bonds. The molecule has 3 rings (SSSR count). The molecule has 0 aliphatic heterocycles. The summed E-state index contributed by atoms with van der Waals surface area (Å²) in [5.74, 6) is 2.06. The lowest BCUT2D eigenvalue weighted by Crippen LogP contribution is -2.15. The van der Waals surface area contributed by atoms with E-state index in [0.717, 1.165) is 5.56 Å². The Morgan fingerprint density at radius 1 is 1.21 bits per heavy atom. The van der Waals surface area contributed by atoms with Gasteiger partial charge in [-0.05, 0) is 18.2 Å². The van der Waals surface area contributed by atoms with E-state index in [2.05, 4.69) is 25.1 Å². The van der Waals surface area contributed by atoms with E-state index in [1.165, 1.54) is 11.8 Å². The van der Waals surface area contributed by atoms with Crippen molar-refractivity contribution in [1.82, 2.24) is 25.1 Å². The molecule has 2 heterocycles. The van der Waals surface area contributed by atoms with Gasteiger partial charge in [0.15, 0.2) is 0 Å². The van der Waals surface area contributed by atoms with Crippen LogP contribution >= 0.6 is 23.4 Å². The van der Waals surface area contributed by atoms with Gasteiger partial charge in [-0.1, -0.05) is 29.4 Å². The van der Waals surface area contributed by atoms with Crippen molar-refractivity contribution in [1.29, 1.82) is 0 Å². The minimum atomic E-state index is 0.175. The van der Waals surface area contributed by atoms with Crippen molar-refractivity contribution in [3.05, 3.63) is 35.1 Å². The number of halogens is 1. The van der Waals surface area contributed by atoms with E-state index in [1.54, 1.807) is 17.0 Å². The minimum Gasteiger partial charge on any atom is -0.411 e. The lowest BCUT2D eigenvalue weighted by Gasteiger charge is -2.10. The van der Waals surface area contributed by atoms with Crippen molar-refractivity contribution in [3.63, 3.8) is 0 Å². The van der Waals surface area contributed by atoms with Gasteiger partial charge in [-0.15, -0.1) is 10.2 Å². The zero-order chi connectivity index (χ0) is 17.1. The van der Waals surface area contributed by atoms with Gasteiger partial charge in [0, 0.05) is 24.7 Å². The van der Waals surface area contributed by atoms with Crippen molar-refractivity contribution in [3.8, 4) is 11.5 Å². The molecular weight excluding hydrogens is 350 g/mol. The van der Waals surface area contributed by atoms with Gasteiger partial charge >= 0.3 is 0 Å². The summed E-state index contributed by atoms with van der Waals surface area (Å²) in [6.45, 7) is 0. The van der Waals surface area contributed by atoms with Crippen LogP contribution in [-0.4, -0.2) is 39.2 Å². The first-order chi connectivity index (χ1) is 11.5. The molecule has 0 spiro atoms. The predicted octanol–water partition coefficient (Wildman–Crippen LogP) is 2.52. The van der Waals surface area contributed by atoms with Gasteiger partial charge < -0.3 is 15.1 Å². The first-order valence-corrected chi connectivity index (χ1v) is 8.27. The SMILES string of the molecule is CN(C)c1nc(N)nc(CSc2nnc(-c3cccc(Cl)c3)o2)n1. The average Bonchev–Trinajstić information content (AvgIpc) is 3.01. The molecule has 0 atom stereocenters. The van der Waals surface area contributed by atoms with Crippen LogP contribution in [0, 0.1) is 0 Å². The van der Waals surface area contributed by atoms with Crippen LogP contribution < -0.4 is 10.6 Å². The lowest BCUT2D eigenvalue weighted by molar-refractivity contribution is 0.465. The molecule has 3 aromatic rings. The van der Waals surface area contributed by atoms with Gasteiger partial charge in [0.2, 0.25) is 17.8 Å². The summed E-state index contributed by atoms with van der Waals surface area (Å²) in [7, 11) is 3.67. The van der Waals surface area contributed by atoms with Crippen molar-refractivity contribution in [2.24, 2.45) is 0 Å². The molecular formula is C14H14ClN7OS. The number of anilines is 2. The molecule has 2 N–H and O–H groups in total. The summed E-state index contributed by atoms with van der Waals surface area (Å²) in [6.07, 6.45) is 0. The van der Waals surface area contributed by atoms with Gasteiger partial charge in [-0.3, -0.25) is 0 Å². The van der Waals surface area contributed by atoms with Crippen LogP contribution in [0.5, 0.6) is 0 Å². The van der Waals surface area contributed by atoms with Crippen LogP contribution in [0.4, 0.5) is 11.9 Å². The number of aromatic nitrogens is 5. The van der Waals surface area contributed by atoms with Crippen LogP contribution in [0.25, 0.3) is 11.5 Å². The summed E-state index contributed by atoms with van der Waals surface area (Å²) in [5, 5.41) is 9.05. The second kappa shape index (κ2) is 7.02. The van der Waals surface area contributed by atoms with Crippen molar-refractivity contribution >= 4 is 35.3 Å². The fourth-order valence-corrected chi connectivity index (χ4v) is 2.63. The molecule has 0 saturated heterocycles. The molecule has 2 aromatic heterocycles. The molecule has 24 heavy (non-hydrogen) atoms. The Kier molecular flexibility index (Phi) is 4.81. The van der Waals surface area contributed by atoms with E-state index in [1.807, 2.05) is 26.2 Å². The molecule has 0 radical (unpaired) electrons. The van der Waals surface area contributed by atoms with Gasteiger partial charge in [0.05, 0.1) is 5.75 Å². The summed E-state index contributed by atoms with van der Waals surface area (Å²) < 4.78 is 5.62. The number of thioether (sulfide) groups is 1. The van der Waals surface area contributed by atoms with Crippen LogP contribution in [0.15, 0.2) is 33.9 Å². The van der Waals surface area contributed by atoms with Gasteiger partial charge in [0.25, 0.3) is 5.22 Å². The molecule has 1 aromatic carbocycles. The Bertz CT molecular complexity index is 855. The summed E-state index contributed by atoms with van der Waals surface area (Å²) >= 11 is 7.29. The third-order valence-electron chi connectivity index (χ3n) is 2.89. The molecule has 0 unspecified atom stereocenters. The lowest BCUT2D eigenvalue weighted by atomic mass is 10.2. The monoisotopic (exact) mass is 363 g/mol. The van der Waals surface area contributed by atoms with Crippen LogP contribution in [0.2, 0.25) is 5.02 Å². The average molecular weight is 364 g/mol. The third kappa shape index (κ3) is 3.92. The Morgan fingerprint density at radius 3 is 2.79 bits per heavy atom. The number of rotatable bonds is 5.